The first-order valence-electron chi connectivity index (χ1n) is 6.10. The zero-order chi connectivity index (χ0) is 13.5. The molecule has 0 aromatic carbocycles. The molecule has 0 aliphatic heterocycles. The van der Waals surface area contributed by atoms with Gasteiger partial charge in [0, 0.05) is 13.1 Å². The van der Waals surface area contributed by atoms with Crippen molar-refractivity contribution in [3.8, 4) is 6.01 Å². The second-order valence-electron chi connectivity index (χ2n) is 4.51. The molecule has 0 spiro atoms. The molecule has 102 valence electrons. The van der Waals surface area contributed by atoms with Gasteiger partial charge in [0.05, 0.1) is 13.3 Å². The predicted octanol–water partition coefficient (Wildman–Crippen LogP) is 1.95. The first kappa shape index (κ1) is 15.0. The summed E-state index contributed by atoms with van der Waals surface area (Å²) in [5.74, 6) is 1.23. The summed E-state index contributed by atoms with van der Waals surface area (Å²) < 4.78 is 5.04. The smallest absolute Gasteiger partial charge is 0.318 e. The van der Waals surface area contributed by atoms with Crippen LogP contribution in [0.1, 0.15) is 20.3 Å². The molecule has 2 N–H and O–H groups in total. The number of aromatic nitrogens is 2. The summed E-state index contributed by atoms with van der Waals surface area (Å²) in [7, 11) is 1.54. The van der Waals surface area contributed by atoms with E-state index < -0.39 is 0 Å². The Morgan fingerprint density at radius 2 is 2.22 bits per heavy atom. The number of nitrogens with two attached hydrogens (primary N) is 1. The number of halogens is 1. The van der Waals surface area contributed by atoms with Crippen LogP contribution in [-0.4, -0.2) is 36.7 Å². The molecule has 0 unspecified atom stereocenters. The fourth-order valence-electron chi connectivity index (χ4n) is 1.67. The Balaban J connectivity index is 2.94. The van der Waals surface area contributed by atoms with Crippen molar-refractivity contribution >= 4 is 17.4 Å². The maximum Gasteiger partial charge on any atom is 0.318 e. The molecule has 0 atom stereocenters. The van der Waals surface area contributed by atoms with Gasteiger partial charge in [-0.05, 0) is 18.9 Å². The fraction of sp³-hybridized carbons (Fsp3) is 0.667. The van der Waals surface area contributed by atoms with Crippen molar-refractivity contribution in [2.75, 3.05) is 31.6 Å². The Morgan fingerprint density at radius 3 is 2.78 bits per heavy atom. The number of ether oxygens (including phenoxy) is 1. The molecule has 0 amide bonds. The Hall–Kier alpha value is -1.07. The van der Waals surface area contributed by atoms with Crippen LogP contribution >= 0.6 is 11.6 Å². The van der Waals surface area contributed by atoms with E-state index in [9.17, 15) is 0 Å². The maximum absolute atomic E-state index is 6.16. The highest BCUT2D eigenvalue weighted by Gasteiger charge is 2.15. The van der Waals surface area contributed by atoms with Gasteiger partial charge in [0.2, 0.25) is 0 Å². The zero-order valence-corrected chi connectivity index (χ0v) is 11.9. The molecule has 18 heavy (non-hydrogen) atoms. The molecule has 0 radical (unpaired) electrons. The van der Waals surface area contributed by atoms with E-state index in [-0.39, 0.29) is 0 Å². The van der Waals surface area contributed by atoms with Crippen molar-refractivity contribution in [2.45, 2.75) is 20.3 Å². The Kier molecular flexibility index (Phi) is 6.15. The minimum absolute atomic E-state index is 0.330. The third kappa shape index (κ3) is 4.31. The molecule has 1 aromatic heterocycles. The van der Waals surface area contributed by atoms with E-state index in [1.54, 1.807) is 13.3 Å². The number of nitrogens with zero attached hydrogens (tertiary/aromatic N) is 3. The minimum Gasteiger partial charge on any atom is -0.467 e. The third-order valence-electron chi connectivity index (χ3n) is 2.40. The normalized spacial score (nSPS) is 10.8. The summed E-state index contributed by atoms with van der Waals surface area (Å²) >= 11 is 6.16. The average Bonchev–Trinajstić information content (AvgIpc) is 2.35. The molecule has 1 rings (SSSR count). The van der Waals surface area contributed by atoms with Crippen molar-refractivity contribution in [1.82, 2.24) is 9.97 Å². The van der Waals surface area contributed by atoms with Crippen molar-refractivity contribution in [2.24, 2.45) is 11.7 Å². The van der Waals surface area contributed by atoms with Crippen LogP contribution in [0, 0.1) is 5.92 Å². The fourth-order valence-corrected chi connectivity index (χ4v) is 1.88. The molecule has 1 aromatic rings. The Bertz CT molecular complexity index is 373. The van der Waals surface area contributed by atoms with Gasteiger partial charge in [-0.3, -0.25) is 0 Å². The lowest BCUT2D eigenvalue weighted by molar-refractivity contribution is 0.379. The third-order valence-corrected chi connectivity index (χ3v) is 2.67. The van der Waals surface area contributed by atoms with E-state index >= 15 is 0 Å². The molecule has 6 heteroatoms. The summed E-state index contributed by atoms with van der Waals surface area (Å²) in [5, 5.41) is 0.536. The van der Waals surface area contributed by atoms with Gasteiger partial charge in [0.15, 0.2) is 5.82 Å². The van der Waals surface area contributed by atoms with Crippen molar-refractivity contribution in [3.05, 3.63) is 11.2 Å². The lowest BCUT2D eigenvalue weighted by atomic mass is 10.2. The van der Waals surface area contributed by atoms with E-state index in [0.717, 1.165) is 19.5 Å². The highest BCUT2D eigenvalue weighted by atomic mass is 35.5. The van der Waals surface area contributed by atoms with E-state index in [1.165, 1.54) is 0 Å². The Morgan fingerprint density at radius 1 is 1.50 bits per heavy atom. The lowest BCUT2D eigenvalue weighted by Gasteiger charge is -2.26. The lowest BCUT2D eigenvalue weighted by Crippen LogP contribution is -2.31. The van der Waals surface area contributed by atoms with Crippen LogP contribution in [0.3, 0.4) is 0 Å². The minimum atomic E-state index is 0.330. The molecule has 0 saturated carbocycles. The summed E-state index contributed by atoms with van der Waals surface area (Å²) in [5.41, 5.74) is 5.56. The van der Waals surface area contributed by atoms with Crippen LogP contribution in [0.25, 0.3) is 0 Å². The summed E-state index contributed by atoms with van der Waals surface area (Å²) in [6.45, 7) is 6.66. The van der Waals surface area contributed by atoms with Gasteiger partial charge in [-0.2, -0.15) is 4.98 Å². The van der Waals surface area contributed by atoms with Crippen LogP contribution in [0.15, 0.2) is 6.20 Å². The Labute approximate surface area is 113 Å². The molecule has 5 nitrogen and oxygen atoms in total. The summed E-state index contributed by atoms with van der Waals surface area (Å²) in [6, 6.07) is 0.330. The van der Waals surface area contributed by atoms with E-state index in [1.807, 2.05) is 0 Å². The monoisotopic (exact) mass is 272 g/mol. The highest BCUT2D eigenvalue weighted by molar-refractivity contribution is 6.32. The molecule has 1 heterocycles. The van der Waals surface area contributed by atoms with Crippen LogP contribution in [0.4, 0.5) is 5.82 Å². The van der Waals surface area contributed by atoms with E-state index in [0.29, 0.717) is 29.3 Å². The number of hydrogen-bond acceptors (Lipinski definition) is 5. The molecular formula is C12H21ClN4O. The predicted molar refractivity (Wildman–Crippen MR) is 74.3 cm³/mol. The van der Waals surface area contributed by atoms with Crippen molar-refractivity contribution < 1.29 is 4.74 Å². The van der Waals surface area contributed by atoms with Crippen LogP contribution < -0.4 is 15.4 Å². The van der Waals surface area contributed by atoms with Gasteiger partial charge >= 0.3 is 6.01 Å². The molecule has 0 fully saturated rings. The van der Waals surface area contributed by atoms with Crippen molar-refractivity contribution in [1.29, 1.82) is 0 Å². The van der Waals surface area contributed by atoms with Crippen molar-refractivity contribution in [3.63, 3.8) is 0 Å². The molecule has 0 bridgehead atoms. The molecule has 0 aliphatic rings. The maximum atomic E-state index is 6.16. The summed E-state index contributed by atoms with van der Waals surface area (Å²) in [6.07, 6.45) is 2.47. The standard InChI is InChI=1S/C12H21ClN4O/c1-9(2)8-17(6-4-5-14)11-10(13)7-15-12(16-11)18-3/h7,9H,4-6,8,14H2,1-3H3. The summed E-state index contributed by atoms with van der Waals surface area (Å²) in [4.78, 5) is 10.4. The first-order valence-corrected chi connectivity index (χ1v) is 6.47. The van der Waals surface area contributed by atoms with Gasteiger partial charge in [0.25, 0.3) is 0 Å². The molecular weight excluding hydrogens is 252 g/mol. The van der Waals surface area contributed by atoms with Gasteiger partial charge in [-0.15, -0.1) is 0 Å². The van der Waals surface area contributed by atoms with Crippen LogP contribution in [-0.2, 0) is 0 Å². The zero-order valence-electron chi connectivity index (χ0n) is 11.2. The van der Waals surface area contributed by atoms with Gasteiger partial charge in [-0.25, -0.2) is 4.98 Å². The van der Waals surface area contributed by atoms with E-state index in [4.69, 9.17) is 22.1 Å². The largest absolute Gasteiger partial charge is 0.467 e. The molecule has 0 aliphatic carbocycles. The van der Waals surface area contributed by atoms with Crippen LogP contribution in [0.5, 0.6) is 6.01 Å². The van der Waals surface area contributed by atoms with Gasteiger partial charge in [-0.1, -0.05) is 25.4 Å². The average molecular weight is 273 g/mol. The number of hydrogen-bond donors (Lipinski definition) is 1. The first-order chi connectivity index (χ1) is 8.58. The second kappa shape index (κ2) is 7.38. The van der Waals surface area contributed by atoms with E-state index in [2.05, 4.69) is 28.7 Å². The second-order valence-corrected chi connectivity index (χ2v) is 4.92. The quantitative estimate of drug-likeness (QED) is 0.822. The van der Waals surface area contributed by atoms with Gasteiger partial charge in [0.1, 0.15) is 5.02 Å². The van der Waals surface area contributed by atoms with Crippen LogP contribution in [0.2, 0.25) is 5.02 Å². The highest BCUT2D eigenvalue weighted by Crippen LogP contribution is 2.25. The SMILES string of the molecule is COc1ncc(Cl)c(N(CCCN)CC(C)C)n1. The topological polar surface area (TPSA) is 64.3 Å². The number of methoxy groups -OCH3 is 1. The molecule has 0 saturated heterocycles. The number of rotatable bonds is 7. The number of anilines is 1. The van der Waals surface area contributed by atoms with Gasteiger partial charge < -0.3 is 15.4 Å².